The van der Waals surface area contributed by atoms with Gasteiger partial charge in [0.05, 0.1) is 12.7 Å². The molecule has 3 heterocycles. The first-order valence-electron chi connectivity index (χ1n) is 11.7. The Morgan fingerprint density at radius 3 is 2.61 bits per heavy atom. The van der Waals surface area contributed by atoms with Crippen LogP contribution in [-0.4, -0.2) is 47.1 Å². The molecule has 0 radical (unpaired) electrons. The Morgan fingerprint density at radius 2 is 1.85 bits per heavy atom. The first-order chi connectivity index (χ1) is 16.0. The maximum absolute atomic E-state index is 12.9. The van der Waals surface area contributed by atoms with Crippen molar-refractivity contribution in [1.29, 1.82) is 0 Å². The molecule has 2 aromatic carbocycles. The molecule has 0 aliphatic carbocycles. The Balaban J connectivity index is 1.52. The number of allylic oxidation sites excluding steroid dienone is 1. The third kappa shape index (κ3) is 4.11. The number of carbonyl (C=O) groups is 1. The van der Waals surface area contributed by atoms with Crippen molar-refractivity contribution in [3.05, 3.63) is 59.0 Å². The lowest BCUT2D eigenvalue weighted by Crippen LogP contribution is -2.28. The van der Waals surface area contributed by atoms with Crippen molar-refractivity contribution in [3.8, 4) is 17.2 Å². The Labute approximate surface area is 194 Å². The monoisotopic (exact) mass is 446 g/mol. The number of aromatic hydroxyl groups is 1. The second-order valence-corrected chi connectivity index (χ2v) is 8.91. The van der Waals surface area contributed by atoms with Crippen LogP contribution in [0.4, 0.5) is 0 Å². The molecular weight excluding hydrogens is 416 g/mol. The molecule has 0 spiro atoms. The number of hydrogen-bond acceptors (Lipinski definition) is 5. The van der Waals surface area contributed by atoms with Gasteiger partial charge in [0.2, 0.25) is 5.78 Å². The van der Waals surface area contributed by atoms with Gasteiger partial charge >= 0.3 is 0 Å². The number of nitrogens with zero attached hydrogens (tertiary/aromatic N) is 2. The summed E-state index contributed by atoms with van der Waals surface area (Å²) in [6.07, 6.45) is 7.03. The van der Waals surface area contributed by atoms with Gasteiger partial charge in [-0.15, -0.1) is 0 Å². The average molecular weight is 447 g/mol. The molecule has 6 heteroatoms. The zero-order chi connectivity index (χ0) is 22.9. The van der Waals surface area contributed by atoms with Crippen LogP contribution < -0.4 is 9.47 Å². The molecule has 0 atom stereocenters. The summed E-state index contributed by atoms with van der Waals surface area (Å²) in [5.74, 6) is 1.35. The number of rotatable bonds is 5. The first-order valence-corrected chi connectivity index (χ1v) is 11.7. The van der Waals surface area contributed by atoms with Crippen LogP contribution in [0.3, 0.4) is 0 Å². The summed E-state index contributed by atoms with van der Waals surface area (Å²) in [6.45, 7) is 6.32. The first kappa shape index (κ1) is 21.6. The topological polar surface area (TPSA) is 63.9 Å². The molecule has 0 amide bonds. The van der Waals surface area contributed by atoms with Gasteiger partial charge in [-0.3, -0.25) is 4.79 Å². The number of carbonyl (C=O) groups excluding carboxylic acids is 1. The fraction of sp³-hybridized carbons (Fsp3) is 0.370. The van der Waals surface area contributed by atoms with Gasteiger partial charge in [-0.2, -0.15) is 0 Å². The van der Waals surface area contributed by atoms with E-state index in [0.717, 1.165) is 54.1 Å². The van der Waals surface area contributed by atoms with E-state index in [4.69, 9.17) is 9.47 Å². The van der Waals surface area contributed by atoms with Gasteiger partial charge in [-0.25, -0.2) is 0 Å². The number of phenols is 1. The molecule has 1 aromatic heterocycles. The summed E-state index contributed by atoms with van der Waals surface area (Å²) in [7, 11) is 1.66. The minimum absolute atomic E-state index is 0.0776. The highest BCUT2D eigenvalue weighted by molar-refractivity contribution is 6.15. The number of Topliss-reactive ketones (excluding diaryl/α,β-unsaturated/α-hetero) is 1. The van der Waals surface area contributed by atoms with Crippen molar-refractivity contribution in [2.75, 3.05) is 26.7 Å². The van der Waals surface area contributed by atoms with Crippen LogP contribution >= 0.6 is 0 Å². The fourth-order valence-corrected chi connectivity index (χ4v) is 4.99. The van der Waals surface area contributed by atoms with Gasteiger partial charge in [-0.05, 0) is 69.3 Å². The SMILES string of the molecule is COc1ccc2c(c1)c(C=C1Oc3cc(O)ccc3C1=O)c(C)n2CCN1CCCCCC1. The standard InChI is InChI=1S/C27H30N2O4/c1-18-22(17-26-27(31)21-9-7-19(30)15-25(21)33-26)23-16-20(32-2)8-10-24(23)29(18)14-13-28-11-5-3-4-6-12-28/h7-10,15-17,30H,3-6,11-14H2,1-2H3. The second-order valence-electron chi connectivity index (χ2n) is 8.91. The molecule has 33 heavy (non-hydrogen) atoms. The molecule has 5 rings (SSSR count). The van der Waals surface area contributed by atoms with Crippen LogP contribution in [-0.2, 0) is 6.54 Å². The van der Waals surface area contributed by atoms with E-state index in [2.05, 4.69) is 22.5 Å². The third-order valence-electron chi connectivity index (χ3n) is 6.85. The fourth-order valence-electron chi connectivity index (χ4n) is 4.99. The number of ether oxygens (including phenoxy) is 2. The summed E-state index contributed by atoms with van der Waals surface area (Å²) in [5.41, 5.74) is 3.64. The molecular formula is C27H30N2O4. The van der Waals surface area contributed by atoms with Gasteiger partial charge in [0.25, 0.3) is 0 Å². The lowest BCUT2D eigenvalue weighted by atomic mass is 10.1. The number of aromatic nitrogens is 1. The Kier molecular flexibility index (Phi) is 5.85. The van der Waals surface area contributed by atoms with Crippen molar-refractivity contribution >= 4 is 22.8 Å². The quantitative estimate of drug-likeness (QED) is 0.549. The summed E-state index contributed by atoms with van der Waals surface area (Å²) in [6, 6.07) is 10.7. The molecule has 2 aliphatic heterocycles. The van der Waals surface area contributed by atoms with E-state index in [1.165, 1.54) is 37.8 Å². The highest BCUT2D eigenvalue weighted by Gasteiger charge is 2.28. The van der Waals surface area contributed by atoms with Gasteiger partial charge in [-0.1, -0.05) is 12.8 Å². The lowest BCUT2D eigenvalue weighted by Gasteiger charge is -2.21. The molecule has 1 fully saturated rings. The second kappa shape index (κ2) is 8.94. The molecule has 3 aromatic rings. The Morgan fingerprint density at radius 1 is 1.06 bits per heavy atom. The van der Waals surface area contributed by atoms with Crippen LogP contribution in [0.2, 0.25) is 0 Å². The van der Waals surface area contributed by atoms with Crippen LogP contribution in [0.15, 0.2) is 42.2 Å². The van der Waals surface area contributed by atoms with Crippen molar-refractivity contribution in [3.63, 3.8) is 0 Å². The number of fused-ring (bicyclic) bond motifs is 2. The molecule has 1 saturated heterocycles. The molecule has 6 nitrogen and oxygen atoms in total. The number of likely N-dealkylation sites (tertiary alicyclic amines) is 1. The molecule has 2 aliphatic rings. The normalized spacial score (nSPS) is 17.9. The van der Waals surface area contributed by atoms with Gasteiger partial charge in [0.15, 0.2) is 5.76 Å². The smallest absolute Gasteiger partial charge is 0.231 e. The van der Waals surface area contributed by atoms with Crippen LogP contribution in [0.5, 0.6) is 17.2 Å². The zero-order valence-corrected chi connectivity index (χ0v) is 19.3. The summed E-state index contributed by atoms with van der Waals surface area (Å²) in [5, 5.41) is 10.8. The Bertz CT molecular complexity index is 1230. The largest absolute Gasteiger partial charge is 0.508 e. The zero-order valence-electron chi connectivity index (χ0n) is 19.3. The van der Waals surface area contributed by atoms with Crippen molar-refractivity contribution in [2.45, 2.75) is 39.2 Å². The lowest BCUT2D eigenvalue weighted by molar-refractivity contribution is 0.101. The van der Waals surface area contributed by atoms with Gasteiger partial charge in [0.1, 0.15) is 17.2 Å². The summed E-state index contributed by atoms with van der Waals surface area (Å²) < 4.78 is 13.7. The van der Waals surface area contributed by atoms with Crippen LogP contribution in [0, 0.1) is 6.92 Å². The highest BCUT2D eigenvalue weighted by atomic mass is 16.5. The summed E-state index contributed by atoms with van der Waals surface area (Å²) >= 11 is 0. The molecule has 0 saturated carbocycles. The van der Waals surface area contributed by atoms with Gasteiger partial charge in [0, 0.05) is 41.3 Å². The Hall–Kier alpha value is -3.25. The maximum Gasteiger partial charge on any atom is 0.231 e. The van der Waals surface area contributed by atoms with Crippen molar-refractivity contribution in [1.82, 2.24) is 9.47 Å². The van der Waals surface area contributed by atoms with Gasteiger partial charge < -0.3 is 24.0 Å². The predicted molar refractivity (Wildman–Crippen MR) is 129 cm³/mol. The van der Waals surface area contributed by atoms with Crippen molar-refractivity contribution in [2.24, 2.45) is 0 Å². The third-order valence-corrected chi connectivity index (χ3v) is 6.85. The highest BCUT2D eigenvalue weighted by Crippen LogP contribution is 2.37. The number of benzene rings is 2. The molecule has 1 N–H and O–H groups in total. The molecule has 0 bridgehead atoms. The predicted octanol–water partition coefficient (Wildman–Crippen LogP) is 5.16. The summed E-state index contributed by atoms with van der Waals surface area (Å²) in [4.78, 5) is 15.5. The molecule has 172 valence electrons. The molecule has 0 unspecified atom stereocenters. The minimum Gasteiger partial charge on any atom is -0.508 e. The van der Waals surface area contributed by atoms with Crippen molar-refractivity contribution < 1.29 is 19.4 Å². The number of methoxy groups -OCH3 is 1. The minimum atomic E-state index is -0.169. The number of hydrogen-bond donors (Lipinski definition) is 1. The van der Waals surface area contributed by atoms with E-state index >= 15 is 0 Å². The van der Waals surface area contributed by atoms with E-state index in [1.807, 2.05) is 18.2 Å². The number of ketones is 1. The van der Waals surface area contributed by atoms with Crippen LogP contribution in [0.1, 0.15) is 47.3 Å². The van der Waals surface area contributed by atoms with E-state index in [-0.39, 0.29) is 17.3 Å². The van der Waals surface area contributed by atoms with E-state index < -0.39 is 0 Å². The maximum atomic E-state index is 12.9. The van der Waals surface area contributed by atoms with E-state index in [0.29, 0.717) is 11.3 Å². The van der Waals surface area contributed by atoms with E-state index in [1.54, 1.807) is 13.2 Å². The average Bonchev–Trinajstić information content (AvgIpc) is 3.10. The number of phenolic OH excluding ortho intramolecular Hbond substituents is 1. The van der Waals surface area contributed by atoms with Crippen LogP contribution in [0.25, 0.3) is 17.0 Å². The van der Waals surface area contributed by atoms with E-state index in [9.17, 15) is 9.90 Å².